The van der Waals surface area contributed by atoms with Gasteiger partial charge in [-0.2, -0.15) is 0 Å². The van der Waals surface area contributed by atoms with E-state index >= 15 is 0 Å². The van der Waals surface area contributed by atoms with Gasteiger partial charge >= 0.3 is 0 Å². The third-order valence-electron chi connectivity index (χ3n) is 2.56. The molecule has 11 heavy (non-hydrogen) atoms. The Morgan fingerprint density at radius 1 is 1.27 bits per heavy atom. The van der Waals surface area contributed by atoms with E-state index in [1.54, 1.807) is 0 Å². The van der Waals surface area contributed by atoms with Gasteiger partial charge in [-0.05, 0) is 31.6 Å². The third-order valence-corrected chi connectivity index (χ3v) is 2.56. The minimum atomic E-state index is -0.0233. The van der Waals surface area contributed by atoms with Gasteiger partial charge in [0.1, 0.15) is 0 Å². The van der Waals surface area contributed by atoms with Crippen LogP contribution >= 0.6 is 0 Å². The van der Waals surface area contributed by atoms with Crippen LogP contribution in [0.5, 0.6) is 0 Å². The topological polar surface area (TPSA) is 20.2 Å². The maximum Gasteiger partial charge on any atom is 0.0540 e. The van der Waals surface area contributed by atoms with Crippen LogP contribution in [0.1, 0.15) is 38.5 Å². The molecule has 2 unspecified atom stereocenters. The summed E-state index contributed by atoms with van der Waals surface area (Å²) in [5, 5.41) is 9.35. The van der Waals surface area contributed by atoms with Gasteiger partial charge in [0.2, 0.25) is 0 Å². The quantitative estimate of drug-likeness (QED) is 0.478. The average Bonchev–Trinajstić information content (AvgIpc) is 2.17. The van der Waals surface area contributed by atoms with Crippen molar-refractivity contribution >= 4 is 0 Å². The number of allylic oxidation sites excluding steroid dienone is 1. The van der Waals surface area contributed by atoms with E-state index in [1.165, 1.54) is 19.3 Å². The fraction of sp³-hybridized carbons (Fsp3) is 0.800. The highest BCUT2D eigenvalue weighted by atomic mass is 16.3. The Morgan fingerprint density at radius 3 is 2.82 bits per heavy atom. The van der Waals surface area contributed by atoms with Crippen molar-refractivity contribution in [3.8, 4) is 0 Å². The molecule has 1 aliphatic rings. The van der Waals surface area contributed by atoms with Crippen molar-refractivity contribution < 1.29 is 5.11 Å². The van der Waals surface area contributed by atoms with E-state index in [4.69, 9.17) is 0 Å². The molecule has 0 aliphatic heterocycles. The minimum Gasteiger partial charge on any atom is -0.393 e. The van der Waals surface area contributed by atoms with Crippen molar-refractivity contribution in [3.05, 3.63) is 12.7 Å². The molecule has 0 bridgehead atoms. The SMILES string of the molecule is C=CCC1CCCC(O)CC1. The Balaban J connectivity index is 2.27. The van der Waals surface area contributed by atoms with Crippen molar-refractivity contribution in [1.29, 1.82) is 0 Å². The standard InChI is InChI=1S/C10H18O/c1-2-4-9-5-3-6-10(11)8-7-9/h2,9-11H,1,3-8H2. The van der Waals surface area contributed by atoms with E-state index in [9.17, 15) is 5.11 Å². The summed E-state index contributed by atoms with van der Waals surface area (Å²) in [7, 11) is 0. The summed E-state index contributed by atoms with van der Waals surface area (Å²) in [6, 6.07) is 0. The minimum absolute atomic E-state index is 0.0233. The van der Waals surface area contributed by atoms with Crippen molar-refractivity contribution in [1.82, 2.24) is 0 Å². The molecule has 0 heterocycles. The fourth-order valence-electron chi connectivity index (χ4n) is 1.83. The van der Waals surface area contributed by atoms with E-state index in [0.717, 1.165) is 25.2 Å². The lowest BCUT2D eigenvalue weighted by atomic mass is 9.97. The van der Waals surface area contributed by atoms with E-state index < -0.39 is 0 Å². The average molecular weight is 154 g/mol. The number of aliphatic hydroxyl groups excluding tert-OH is 1. The predicted molar refractivity (Wildman–Crippen MR) is 47.4 cm³/mol. The van der Waals surface area contributed by atoms with Crippen LogP contribution in [0.2, 0.25) is 0 Å². The molecule has 0 saturated heterocycles. The third kappa shape index (κ3) is 3.06. The van der Waals surface area contributed by atoms with Crippen LogP contribution in [0.25, 0.3) is 0 Å². The van der Waals surface area contributed by atoms with Gasteiger partial charge in [0.05, 0.1) is 6.10 Å². The van der Waals surface area contributed by atoms with Crippen LogP contribution in [0, 0.1) is 5.92 Å². The molecule has 0 aromatic carbocycles. The molecule has 64 valence electrons. The monoisotopic (exact) mass is 154 g/mol. The molecule has 0 aromatic rings. The normalized spacial score (nSPS) is 32.8. The molecule has 0 radical (unpaired) electrons. The summed E-state index contributed by atoms with van der Waals surface area (Å²) in [5.41, 5.74) is 0. The van der Waals surface area contributed by atoms with Crippen LogP contribution in [0.15, 0.2) is 12.7 Å². The fourth-order valence-corrected chi connectivity index (χ4v) is 1.83. The molecule has 1 saturated carbocycles. The van der Waals surface area contributed by atoms with Gasteiger partial charge in [-0.3, -0.25) is 0 Å². The summed E-state index contributed by atoms with van der Waals surface area (Å²) in [4.78, 5) is 0. The molecule has 1 N–H and O–H groups in total. The second kappa shape index (κ2) is 4.55. The lowest BCUT2D eigenvalue weighted by Crippen LogP contribution is -2.03. The maximum atomic E-state index is 9.35. The van der Waals surface area contributed by atoms with Gasteiger partial charge in [0.15, 0.2) is 0 Å². The predicted octanol–water partition coefficient (Wildman–Crippen LogP) is 2.50. The first-order valence-corrected chi connectivity index (χ1v) is 4.62. The molecule has 0 spiro atoms. The lowest BCUT2D eigenvalue weighted by molar-refractivity contribution is 0.156. The summed E-state index contributed by atoms with van der Waals surface area (Å²) in [5.74, 6) is 0.796. The van der Waals surface area contributed by atoms with Gasteiger partial charge in [-0.25, -0.2) is 0 Å². The van der Waals surface area contributed by atoms with Crippen molar-refractivity contribution in [2.75, 3.05) is 0 Å². The van der Waals surface area contributed by atoms with Gasteiger partial charge < -0.3 is 5.11 Å². The molecule has 1 rings (SSSR count). The summed E-state index contributed by atoms with van der Waals surface area (Å²) >= 11 is 0. The first kappa shape index (κ1) is 8.79. The Hall–Kier alpha value is -0.300. The van der Waals surface area contributed by atoms with Crippen molar-refractivity contribution in [2.45, 2.75) is 44.6 Å². The zero-order valence-electron chi connectivity index (χ0n) is 7.13. The first-order valence-electron chi connectivity index (χ1n) is 4.62. The molecular formula is C10H18O. The highest BCUT2D eigenvalue weighted by Crippen LogP contribution is 2.25. The van der Waals surface area contributed by atoms with Gasteiger partial charge in [0, 0.05) is 0 Å². The zero-order valence-corrected chi connectivity index (χ0v) is 7.13. The molecule has 1 heteroatoms. The van der Waals surface area contributed by atoms with Gasteiger partial charge in [0.25, 0.3) is 0 Å². The van der Waals surface area contributed by atoms with Crippen LogP contribution in [0.3, 0.4) is 0 Å². The van der Waals surface area contributed by atoms with E-state index in [-0.39, 0.29) is 6.10 Å². The number of aliphatic hydroxyl groups is 1. The molecule has 2 atom stereocenters. The Bertz CT molecular complexity index is 120. The Labute approximate surface area is 69.1 Å². The molecule has 1 fully saturated rings. The number of hydrogen-bond donors (Lipinski definition) is 1. The molecule has 0 aromatic heterocycles. The van der Waals surface area contributed by atoms with Crippen molar-refractivity contribution in [3.63, 3.8) is 0 Å². The molecule has 1 nitrogen and oxygen atoms in total. The first-order chi connectivity index (χ1) is 5.33. The van der Waals surface area contributed by atoms with E-state index in [1.807, 2.05) is 6.08 Å². The Kier molecular flexibility index (Phi) is 3.64. The van der Waals surface area contributed by atoms with Gasteiger partial charge in [-0.1, -0.05) is 18.9 Å². The molecule has 1 aliphatic carbocycles. The smallest absolute Gasteiger partial charge is 0.0540 e. The van der Waals surface area contributed by atoms with Crippen molar-refractivity contribution in [2.24, 2.45) is 5.92 Å². The van der Waals surface area contributed by atoms with Crippen LogP contribution in [0.4, 0.5) is 0 Å². The lowest BCUT2D eigenvalue weighted by Gasteiger charge is -2.09. The maximum absolute atomic E-state index is 9.35. The second-order valence-electron chi connectivity index (χ2n) is 3.55. The Morgan fingerprint density at radius 2 is 2.09 bits per heavy atom. The molecular weight excluding hydrogens is 136 g/mol. The van der Waals surface area contributed by atoms with E-state index in [0.29, 0.717) is 0 Å². The zero-order chi connectivity index (χ0) is 8.10. The van der Waals surface area contributed by atoms with E-state index in [2.05, 4.69) is 6.58 Å². The van der Waals surface area contributed by atoms with Crippen LogP contribution < -0.4 is 0 Å². The number of hydrogen-bond acceptors (Lipinski definition) is 1. The van der Waals surface area contributed by atoms with Gasteiger partial charge in [-0.15, -0.1) is 6.58 Å². The largest absolute Gasteiger partial charge is 0.393 e. The van der Waals surface area contributed by atoms with Crippen LogP contribution in [-0.4, -0.2) is 11.2 Å². The highest BCUT2D eigenvalue weighted by molar-refractivity contribution is 4.76. The van der Waals surface area contributed by atoms with Crippen LogP contribution in [-0.2, 0) is 0 Å². The highest BCUT2D eigenvalue weighted by Gasteiger charge is 2.15. The second-order valence-corrected chi connectivity index (χ2v) is 3.55. The number of rotatable bonds is 2. The summed E-state index contributed by atoms with van der Waals surface area (Å²) in [6.45, 7) is 3.74. The molecule has 0 amide bonds. The summed E-state index contributed by atoms with van der Waals surface area (Å²) < 4.78 is 0. The summed E-state index contributed by atoms with van der Waals surface area (Å²) in [6.07, 6.45) is 8.78.